The lowest BCUT2D eigenvalue weighted by Gasteiger charge is -2.28. The zero-order chi connectivity index (χ0) is 42.1. The average molecular weight is 822 g/mol. The summed E-state index contributed by atoms with van der Waals surface area (Å²) in [5, 5.41) is 5.17. The first-order valence-corrected chi connectivity index (χ1v) is 22.6. The lowest BCUT2D eigenvalue weighted by Crippen LogP contribution is -2.16. The third kappa shape index (κ3) is 6.37. The molecule has 0 N–H and O–H groups in total. The number of nitrogens with zero attached hydrogens (tertiary/aromatic N) is 1. The first-order valence-electron chi connectivity index (χ1n) is 21.8. The first kappa shape index (κ1) is 37.3. The van der Waals surface area contributed by atoms with Crippen molar-refractivity contribution >= 4 is 59.3 Å². The zero-order valence-electron chi connectivity index (χ0n) is 35.2. The number of hydrogen-bond acceptors (Lipinski definition) is 2. The first-order chi connectivity index (χ1) is 31.0. The van der Waals surface area contributed by atoms with Gasteiger partial charge in [-0.25, -0.2) is 0 Å². The molecule has 0 unspecified atom stereocenters. The molecule has 0 radical (unpaired) electrons. The van der Waals surface area contributed by atoms with Crippen LogP contribution in [0.15, 0.2) is 224 Å². The van der Waals surface area contributed by atoms with Crippen molar-refractivity contribution in [1.82, 2.24) is 0 Å². The minimum absolute atomic E-state index is 0.171. The summed E-state index contributed by atoms with van der Waals surface area (Å²) in [5.74, 6) is 0. The SMILES string of the molecule is CC1(C)c2cc(-c3ccccc3)ccc2-c2ccc(N(c3ccc(-c4ccc(-c5cccc6c5sc5ccccc56)cc4)cc3)c3ccc(-c4ccc5ccccc5c4)cc3)cc21. The second-order valence-electron chi connectivity index (χ2n) is 17.3. The van der Waals surface area contributed by atoms with E-state index in [0.717, 1.165) is 17.1 Å². The zero-order valence-corrected chi connectivity index (χ0v) is 36.0. The molecule has 2 heteroatoms. The van der Waals surface area contributed by atoms with Gasteiger partial charge >= 0.3 is 0 Å². The largest absolute Gasteiger partial charge is 0.310 e. The van der Waals surface area contributed by atoms with Gasteiger partial charge in [0.05, 0.1) is 0 Å². The molecular weight excluding hydrogens is 779 g/mol. The lowest BCUT2D eigenvalue weighted by molar-refractivity contribution is 0.660. The van der Waals surface area contributed by atoms with E-state index in [0.29, 0.717) is 0 Å². The second-order valence-corrected chi connectivity index (χ2v) is 18.4. The van der Waals surface area contributed by atoms with Crippen molar-refractivity contribution in [3.63, 3.8) is 0 Å². The quantitative estimate of drug-likeness (QED) is 0.155. The van der Waals surface area contributed by atoms with Crippen LogP contribution >= 0.6 is 11.3 Å². The molecule has 63 heavy (non-hydrogen) atoms. The van der Waals surface area contributed by atoms with Crippen molar-refractivity contribution in [2.75, 3.05) is 4.90 Å². The Morgan fingerprint density at radius 3 is 1.59 bits per heavy atom. The van der Waals surface area contributed by atoms with Gasteiger partial charge in [0, 0.05) is 42.6 Å². The van der Waals surface area contributed by atoms with E-state index in [1.165, 1.54) is 97.7 Å². The molecule has 0 spiro atoms. The summed E-state index contributed by atoms with van der Waals surface area (Å²) in [7, 11) is 0. The molecule has 298 valence electrons. The number of thiophene rings is 1. The van der Waals surface area contributed by atoms with Gasteiger partial charge in [-0.3, -0.25) is 0 Å². The Balaban J connectivity index is 0.908. The molecule has 0 aliphatic heterocycles. The Kier molecular flexibility index (Phi) is 8.77. The van der Waals surface area contributed by atoms with Crippen LogP contribution < -0.4 is 4.90 Å². The van der Waals surface area contributed by atoms with E-state index < -0.39 is 0 Å². The normalized spacial score (nSPS) is 12.7. The Bertz CT molecular complexity index is 3500. The molecule has 0 fully saturated rings. The highest BCUT2D eigenvalue weighted by Crippen LogP contribution is 2.52. The number of rotatable bonds is 7. The van der Waals surface area contributed by atoms with Gasteiger partial charge < -0.3 is 4.90 Å². The molecule has 1 aromatic heterocycles. The highest BCUT2D eigenvalue weighted by Gasteiger charge is 2.36. The highest BCUT2D eigenvalue weighted by molar-refractivity contribution is 7.26. The van der Waals surface area contributed by atoms with E-state index >= 15 is 0 Å². The maximum atomic E-state index is 2.43. The summed E-state index contributed by atoms with van der Waals surface area (Å²) in [6, 6.07) is 82.8. The van der Waals surface area contributed by atoms with Crippen molar-refractivity contribution in [2.24, 2.45) is 0 Å². The summed E-state index contributed by atoms with van der Waals surface area (Å²) in [6.07, 6.45) is 0. The molecule has 1 heterocycles. The Morgan fingerprint density at radius 1 is 0.333 bits per heavy atom. The van der Waals surface area contributed by atoms with Crippen molar-refractivity contribution < 1.29 is 0 Å². The smallest absolute Gasteiger partial charge is 0.0465 e. The molecule has 10 aromatic carbocycles. The Morgan fingerprint density at radius 2 is 0.841 bits per heavy atom. The van der Waals surface area contributed by atoms with Crippen LogP contribution in [-0.4, -0.2) is 0 Å². The van der Waals surface area contributed by atoms with Gasteiger partial charge in [0.1, 0.15) is 0 Å². The molecule has 0 amide bonds. The fourth-order valence-electron chi connectivity index (χ4n) is 9.91. The summed E-state index contributed by atoms with van der Waals surface area (Å²) >= 11 is 1.88. The molecule has 0 saturated heterocycles. The topological polar surface area (TPSA) is 3.24 Å². The monoisotopic (exact) mass is 821 g/mol. The van der Waals surface area contributed by atoms with E-state index in [1.54, 1.807) is 0 Å². The van der Waals surface area contributed by atoms with E-state index in [4.69, 9.17) is 0 Å². The molecule has 0 atom stereocenters. The van der Waals surface area contributed by atoms with Crippen molar-refractivity contribution in [3.8, 4) is 55.6 Å². The van der Waals surface area contributed by atoms with Crippen molar-refractivity contribution in [1.29, 1.82) is 0 Å². The average Bonchev–Trinajstić information content (AvgIpc) is 3.83. The minimum atomic E-state index is -0.171. The van der Waals surface area contributed by atoms with E-state index in [1.807, 2.05) is 11.3 Å². The van der Waals surface area contributed by atoms with Crippen LogP contribution in [-0.2, 0) is 5.41 Å². The van der Waals surface area contributed by atoms with Gasteiger partial charge in [0.25, 0.3) is 0 Å². The van der Waals surface area contributed by atoms with Gasteiger partial charge in [-0.1, -0.05) is 184 Å². The van der Waals surface area contributed by atoms with Crippen LogP contribution in [0.1, 0.15) is 25.0 Å². The van der Waals surface area contributed by atoms with Crippen LogP contribution in [0.4, 0.5) is 17.1 Å². The molecule has 1 nitrogen and oxygen atoms in total. The van der Waals surface area contributed by atoms with Crippen molar-refractivity contribution in [2.45, 2.75) is 19.3 Å². The number of hydrogen-bond donors (Lipinski definition) is 0. The number of anilines is 3. The maximum Gasteiger partial charge on any atom is 0.0465 e. The Labute approximate surface area is 372 Å². The van der Waals surface area contributed by atoms with E-state index in [2.05, 4.69) is 243 Å². The van der Waals surface area contributed by atoms with Crippen LogP contribution in [0.25, 0.3) is 86.6 Å². The van der Waals surface area contributed by atoms with Gasteiger partial charge in [-0.05, 0) is 132 Å². The van der Waals surface area contributed by atoms with E-state index in [9.17, 15) is 0 Å². The predicted molar refractivity (Wildman–Crippen MR) is 271 cm³/mol. The van der Waals surface area contributed by atoms with Crippen LogP contribution in [0.2, 0.25) is 0 Å². The third-order valence-electron chi connectivity index (χ3n) is 13.3. The van der Waals surface area contributed by atoms with Gasteiger partial charge in [-0.15, -0.1) is 11.3 Å². The highest BCUT2D eigenvalue weighted by atomic mass is 32.1. The number of fused-ring (bicyclic) bond motifs is 7. The van der Waals surface area contributed by atoms with E-state index in [-0.39, 0.29) is 5.41 Å². The molecule has 1 aliphatic rings. The molecule has 1 aliphatic carbocycles. The predicted octanol–water partition coefficient (Wildman–Crippen LogP) is 17.7. The van der Waals surface area contributed by atoms with Crippen LogP contribution in [0.3, 0.4) is 0 Å². The van der Waals surface area contributed by atoms with Gasteiger partial charge in [0.2, 0.25) is 0 Å². The molecule has 0 saturated carbocycles. The second kappa shape index (κ2) is 14.8. The standard InChI is InChI=1S/C61H43NS/c1-61(2)57-38-48(40-11-4-3-5-12-40)29-35-53(57)54-36-34-51(39-58(54)61)62(50-32-27-44(28-33-50)47-24-21-41-13-6-7-14-46(41)37-47)49-30-25-43(26-31-49)42-19-22-45(23-20-42)52-16-10-17-56-55-15-8-9-18-59(55)63-60(52)56/h3-39H,1-2H3. The van der Waals surface area contributed by atoms with Crippen LogP contribution in [0, 0.1) is 0 Å². The fraction of sp³-hybridized carbons (Fsp3) is 0.0492. The summed E-state index contributed by atoms with van der Waals surface area (Å²) in [4.78, 5) is 2.41. The molecular formula is C61H43NS. The van der Waals surface area contributed by atoms with Gasteiger partial charge in [0.15, 0.2) is 0 Å². The summed E-state index contributed by atoms with van der Waals surface area (Å²) in [6.45, 7) is 4.75. The third-order valence-corrected chi connectivity index (χ3v) is 14.5. The molecule has 0 bridgehead atoms. The summed E-state index contributed by atoms with van der Waals surface area (Å²) < 4.78 is 2.68. The summed E-state index contributed by atoms with van der Waals surface area (Å²) in [5.41, 5.74) is 18.4. The molecule has 11 aromatic rings. The number of benzene rings is 10. The van der Waals surface area contributed by atoms with Crippen molar-refractivity contribution in [3.05, 3.63) is 236 Å². The van der Waals surface area contributed by atoms with Crippen LogP contribution in [0.5, 0.6) is 0 Å². The van der Waals surface area contributed by atoms with Gasteiger partial charge in [-0.2, -0.15) is 0 Å². The Hall–Kier alpha value is -7.52. The molecule has 12 rings (SSSR count). The maximum absolute atomic E-state index is 2.43. The minimum Gasteiger partial charge on any atom is -0.310 e. The fourth-order valence-corrected chi connectivity index (χ4v) is 11.2. The lowest BCUT2D eigenvalue weighted by atomic mass is 9.81.